The zero-order valence-electron chi connectivity index (χ0n) is 10.4. The second kappa shape index (κ2) is 4.69. The highest BCUT2D eigenvalue weighted by Crippen LogP contribution is 2.34. The Labute approximate surface area is 103 Å². The lowest BCUT2D eigenvalue weighted by atomic mass is 9.82. The predicted octanol–water partition coefficient (Wildman–Crippen LogP) is 2.91. The number of phenolic OH excluding ortho intramolecular Hbond substituents is 1. The summed E-state index contributed by atoms with van der Waals surface area (Å²) in [5.74, 6) is 1.07. The van der Waals surface area contributed by atoms with Gasteiger partial charge in [-0.25, -0.2) is 0 Å². The minimum atomic E-state index is 0.428. The van der Waals surface area contributed by atoms with Crippen LogP contribution in [0.25, 0.3) is 0 Å². The molecule has 0 spiro atoms. The molecular weight excluding hydrogens is 210 g/mol. The molecule has 1 fully saturated rings. The minimum Gasteiger partial charge on any atom is -0.508 e. The number of nitrogens with zero attached hydrogens (tertiary/aromatic N) is 1. The van der Waals surface area contributed by atoms with Crippen LogP contribution in [0.4, 0.5) is 0 Å². The third-order valence-corrected chi connectivity index (χ3v) is 4.25. The van der Waals surface area contributed by atoms with Crippen LogP contribution in [0, 0.1) is 0 Å². The molecule has 0 saturated carbocycles. The largest absolute Gasteiger partial charge is 0.508 e. The van der Waals surface area contributed by atoms with Crippen LogP contribution >= 0.6 is 0 Å². The van der Waals surface area contributed by atoms with Gasteiger partial charge < -0.3 is 10.0 Å². The normalized spacial score (nSPS) is 24.8. The number of benzene rings is 1. The van der Waals surface area contributed by atoms with Gasteiger partial charge >= 0.3 is 0 Å². The number of phenols is 1. The van der Waals surface area contributed by atoms with Crippen molar-refractivity contribution in [3.8, 4) is 5.75 Å². The van der Waals surface area contributed by atoms with E-state index in [1.165, 1.54) is 62.9 Å². The van der Waals surface area contributed by atoms with Crippen LogP contribution in [0.3, 0.4) is 0 Å². The van der Waals surface area contributed by atoms with Crippen LogP contribution in [0.2, 0.25) is 0 Å². The van der Waals surface area contributed by atoms with Gasteiger partial charge in [0.05, 0.1) is 0 Å². The van der Waals surface area contributed by atoms with Crippen molar-refractivity contribution in [1.29, 1.82) is 0 Å². The monoisotopic (exact) mass is 231 g/mol. The average Bonchev–Trinajstić information content (AvgIpc) is 2.83. The van der Waals surface area contributed by atoms with Crippen molar-refractivity contribution in [3.05, 3.63) is 29.3 Å². The topological polar surface area (TPSA) is 23.5 Å². The van der Waals surface area contributed by atoms with Crippen LogP contribution in [-0.2, 0) is 6.42 Å². The summed E-state index contributed by atoms with van der Waals surface area (Å²) in [6.07, 6.45) is 6.49. The third-order valence-electron chi connectivity index (χ3n) is 4.25. The standard InChI is InChI=1S/C15H21NO/c17-14-7-6-12-4-3-5-13(15(12)10-14)11-16-8-1-2-9-16/h6-7,10,13,17H,1-5,8-9,11H2. The highest BCUT2D eigenvalue weighted by Gasteiger charge is 2.24. The van der Waals surface area contributed by atoms with Crippen molar-refractivity contribution < 1.29 is 5.11 Å². The molecule has 1 aromatic carbocycles. The Morgan fingerprint density at radius 1 is 1.18 bits per heavy atom. The Morgan fingerprint density at radius 3 is 2.82 bits per heavy atom. The van der Waals surface area contributed by atoms with Crippen LogP contribution < -0.4 is 0 Å². The van der Waals surface area contributed by atoms with Gasteiger partial charge in [0.25, 0.3) is 0 Å². The zero-order valence-corrected chi connectivity index (χ0v) is 10.4. The molecule has 1 aliphatic heterocycles. The first-order chi connectivity index (χ1) is 8.33. The van der Waals surface area contributed by atoms with E-state index in [1.807, 2.05) is 12.1 Å². The fraction of sp³-hybridized carbons (Fsp3) is 0.600. The third kappa shape index (κ3) is 2.32. The van der Waals surface area contributed by atoms with Gasteiger partial charge in [0.2, 0.25) is 0 Å². The smallest absolute Gasteiger partial charge is 0.115 e. The van der Waals surface area contributed by atoms with Crippen molar-refractivity contribution in [2.45, 2.75) is 38.0 Å². The van der Waals surface area contributed by atoms with Crippen molar-refractivity contribution in [2.75, 3.05) is 19.6 Å². The molecule has 1 atom stereocenters. The number of hydrogen-bond acceptors (Lipinski definition) is 2. The minimum absolute atomic E-state index is 0.428. The Hall–Kier alpha value is -1.02. The molecular formula is C15H21NO. The average molecular weight is 231 g/mol. The number of likely N-dealkylation sites (tertiary alicyclic amines) is 1. The highest BCUT2D eigenvalue weighted by atomic mass is 16.3. The molecule has 1 aromatic rings. The lowest BCUT2D eigenvalue weighted by molar-refractivity contribution is 0.300. The Morgan fingerprint density at radius 2 is 2.00 bits per heavy atom. The second-order valence-electron chi connectivity index (χ2n) is 5.48. The molecule has 2 heteroatoms. The SMILES string of the molecule is Oc1ccc2c(c1)C(CN1CCCC1)CCC2. The summed E-state index contributed by atoms with van der Waals surface area (Å²) in [6.45, 7) is 3.73. The molecule has 1 heterocycles. The van der Waals surface area contributed by atoms with Crippen LogP contribution in [0.1, 0.15) is 42.7 Å². The quantitative estimate of drug-likeness (QED) is 0.846. The molecule has 1 unspecified atom stereocenters. The van der Waals surface area contributed by atoms with Gasteiger partial charge in [-0.05, 0) is 74.4 Å². The van der Waals surface area contributed by atoms with E-state index in [-0.39, 0.29) is 0 Å². The summed E-state index contributed by atoms with van der Waals surface area (Å²) in [5.41, 5.74) is 2.86. The zero-order chi connectivity index (χ0) is 11.7. The molecule has 2 nitrogen and oxygen atoms in total. The molecule has 1 N–H and O–H groups in total. The molecule has 1 aliphatic carbocycles. The van der Waals surface area contributed by atoms with Crippen LogP contribution in [0.5, 0.6) is 5.75 Å². The van der Waals surface area contributed by atoms with Gasteiger partial charge in [-0.1, -0.05) is 6.07 Å². The summed E-state index contributed by atoms with van der Waals surface area (Å²) in [7, 11) is 0. The highest BCUT2D eigenvalue weighted by molar-refractivity contribution is 5.39. The van der Waals surface area contributed by atoms with E-state index in [9.17, 15) is 5.11 Å². The fourth-order valence-electron chi connectivity index (χ4n) is 3.35. The van der Waals surface area contributed by atoms with E-state index in [1.54, 1.807) is 0 Å². The van der Waals surface area contributed by atoms with E-state index < -0.39 is 0 Å². The van der Waals surface area contributed by atoms with Gasteiger partial charge in [0, 0.05) is 6.54 Å². The van der Waals surface area contributed by atoms with Gasteiger partial charge in [-0.3, -0.25) is 0 Å². The molecule has 3 rings (SSSR count). The first-order valence-electron chi connectivity index (χ1n) is 6.87. The maximum absolute atomic E-state index is 9.65. The van der Waals surface area contributed by atoms with Gasteiger partial charge in [0.15, 0.2) is 0 Å². The van der Waals surface area contributed by atoms with Crippen LogP contribution in [0.15, 0.2) is 18.2 Å². The number of aryl methyl sites for hydroxylation is 1. The molecule has 0 radical (unpaired) electrons. The van der Waals surface area contributed by atoms with Crippen LogP contribution in [-0.4, -0.2) is 29.6 Å². The van der Waals surface area contributed by atoms with E-state index in [4.69, 9.17) is 0 Å². The van der Waals surface area contributed by atoms with E-state index >= 15 is 0 Å². The molecule has 2 aliphatic rings. The van der Waals surface area contributed by atoms with E-state index in [2.05, 4.69) is 11.0 Å². The molecule has 0 aromatic heterocycles. The molecule has 92 valence electrons. The van der Waals surface area contributed by atoms with Crippen molar-refractivity contribution in [3.63, 3.8) is 0 Å². The first-order valence-corrected chi connectivity index (χ1v) is 6.87. The Bertz CT molecular complexity index is 396. The van der Waals surface area contributed by atoms with Crippen molar-refractivity contribution in [1.82, 2.24) is 4.90 Å². The fourth-order valence-corrected chi connectivity index (χ4v) is 3.35. The van der Waals surface area contributed by atoms with Gasteiger partial charge in [-0.2, -0.15) is 0 Å². The summed E-state index contributed by atoms with van der Waals surface area (Å²) in [6, 6.07) is 5.94. The lowest BCUT2D eigenvalue weighted by Gasteiger charge is -2.29. The van der Waals surface area contributed by atoms with Gasteiger partial charge in [-0.15, -0.1) is 0 Å². The summed E-state index contributed by atoms with van der Waals surface area (Å²) >= 11 is 0. The number of hydrogen-bond donors (Lipinski definition) is 1. The molecule has 17 heavy (non-hydrogen) atoms. The first kappa shape index (κ1) is 11.1. The summed E-state index contributed by atoms with van der Waals surface area (Å²) < 4.78 is 0. The lowest BCUT2D eigenvalue weighted by Crippen LogP contribution is -2.27. The predicted molar refractivity (Wildman–Crippen MR) is 69.5 cm³/mol. The van der Waals surface area contributed by atoms with E-state index in [0.717, 1.165) is 0 Å². The van der Waals surface area contributed by atoms with Gasteiger partial charge in [0.1, 0.15) is 5.75 Å². The summed E-state index contributed by atoms with van der Waals surface area (Å²) in [5, 5.41) is 9.65. The molecule has 0 bridgehead atoms. The molecule has 1 saturated heterocycles. The van der Waals surface area contributed by atoms with E-state index in [0.29, 0.717) is 11.7 Å². The number of fused-ring (bicyclic) bond motifs is 1. The number of rotatable bonds is 2. The summed E-state index contributed by atoms with van der Waals surface area (Å²) in [4.78, 5) is 2.59. The number of aromatic hydroxyl groups is 1. The second-order valence-corrected chi connectivity index (χ2v) is 5.48. The maximum atomic E-state index is 9.65. The van der Waals surface area contributed by atoms with Crippen molar-refractivity contribution in [2.24, 2.45) is 0 Å². The Balaban J connectivity index is 1.80. The molecule has 0 amide bonds. The Kier molecular flexibility index (Phi) is 3.06. The van der Waals surface area contributed by atoms with Crippen molar-refractivity contribution >= 4 is 0 Å². The maximum Gasteiger partial charge on any atom is 0.115 e.